The third-order valence-electron chi connectivity index (χ3n) is 3.98. The van der Waals surface area contributed by atoms with Crippen molar-refractivity contribution in [2.75, 3.05) is 18.6 Å². The molecule has 0 aliphatic heterocycles. The van der Waals surface area contributed by atoms with Gasteiger partial charge >= 0.3 is 5.97 Å². The number of Topliss-reactive ketones (excluding diaryl/α,β-unsaturated/α-hetero) is 1. The number of hydrogen-bond donors (Lipinski definition) is 1. The second-order valence-electron chi connectivity index (χ2n) is 5.87. The van der Waals surface area contributed by atoms with Gasteiger partial charge in [0.1, 0.15) is 6.04 Å². The molecule has 0 radical (unpaired) electrons. The highest BCUT2D eigenvalue weighted by Crippen LogP contribution is 2.09. The van der Waals surface area contributed by atoms with E-state index in [-0.39, 0.29) is 18.2 Å². The minimum Gasteiger partial charge on any atom is -0.459 e. The second kappa shape index (κ2) is 10.6. The summed E-state index contributed by atoms with van der Waals surface area (Å²) in [4.78, 5) is 36.7. The van der Waals surface area contributed by atoms with Gasteiger partial charge in [0.15, 0.2) is 18.2 Å². The summed E-state index contributed by atoms with van der Waals surface area (Å²) in [7, 11) is 0. The largest absolute Gasteiger partial charge is 0.459 e. The molecule has 1 aromatic heterocycles. The number of rotatable bonds is 10. The molecule has 0 aliphatic rings. The van der Waals surface area contributed by atoms with Crippen molar-refractivity contribution in [2.45, 2.75) is 25.8 Å². The fourth-order valence-electron chi connectivity index (χ4n) is 2.37. The molecule has 1 amide bonds. The van der Waals surface area contributed by atoms with Crippen LogP contribution in [0.1, 0.15) is 39.8 Å². The highest BCUT2D eigenvalue weighted by molar-refractivity contribution is 7.98. The van der Waals surface area contributed by atoms with Crippen LogP contribution < -0.4 is 5.32 Å². The smallest absolute Gasteiger partial charge is 0.329 e. The summed E-state index contributed by atoms with van der Waals surface area (Å²) in [5.74, 6) is -0.645. The van der Waals surface area contributed by atoms with E-state index in [1.165, 1.54) is 12.3 Å². The molecule has 1 N–H and O–H groups in total. The maximum absolute atomic E-state index is 12.4. The fourth-order valence-corrected chi connectivity index (χ4v) is 2.84. The summed E-state index contributed by atoms with van der Waals surface area (Å²) in [5.41, 5.74) is 1.61. The molecule has 0 saturated heterocycles. The molecule has 0 bridgehead atoms. The lowest BCUT2D eigenvalue weighted by atomic mass is 10.1. The zero-order chi connectivity index (χ0) is 19.6. The number of esters is 1. The van der Waals surface area contributed by atoms with Crippen LogP contribution in [0.2, 0.25) is 0 Å². The van der Waals surface area contributed by atoms with Crippen LogP contribution in [0.15, 0.2) is 47.1 Å². The van der Waals surface area contributed by atoms with Gasteiger partial charge in [0.05, 0.1) is 6.26 Å². The average molecular weight is 389 g/mol. The first-order chi connectivity index (χ1) is 13.0. The number of ether oxygens (including phenoxy) is 1. The summed E-state index contributed by atoms with van der Waals surface area (Å²) in [5, 5.41) is 2.60. The van der Waals surface area contributed by atoms with Crippen LogP contribution in [-0.2, 0) is 16.0 Å². The molecule has 144 valence electrons. The van der Waals surface area contributed by atoms with Crippen LogP contribution in [-0.4, -0.2) is 42.3 Å². The van der Waals surface area contributed by atoms with E-state index in [4.69, 9.17) is 9.15 Å². The van der Waals surface area contributed by atoms with Gasteiger partial charge in [-0.3, -0.25) is 9.59 Å². The van der Waals surface area contributed by atoms with Gasteiger partial charge in [0.25, 0.3) is 5.91 Å². The van der Waals surface area contributed by atoms with E-state index in [0.717, 1.165) is 12.0 Å². The average Bonchev–Trinajstić information content (AvgIpc) is 3.24. The number of hydrogen-bond acceptors (Lipinski definition) is 6. The first kappa shape index (κ1) is 20.8. The van der Waals surface area contributed by atoms with E-state index in [1.54, 1.807) is 30.0 Å². The molecule has 2 aromatic rings. The molecule has 27 heavy (non-hydrogen) atoms. The molecule has 6 nitrogen and oxygen atoms in total. The van der Waals surface area contributed by atoms with Crippen molar-refractivity contribution in [1.82, 2.24) is 5.32 Å². The highest BCUT2D eigenvalue weighted by Gasteiger charge is 2.24. The van der Waals surface area contributed by atoms with Crippen molar-refractivity contribution in [2.24, 2.45) is 0 Å². The van der Waals surface area contributed by atoms with Gasteiger partial charge in [-0.2, -0.15) is 11.8 Å². The Morgan fingerprint density at radius 1 is 1.19 bits per heavy atom. The van der Waals surface area contributed by atoms with Crippen molar-refractivity contribution < 1.29 is 23.5 Å². The number of nitrogens with one attached hydrogen (secondary N) is 1. The monoisotopic (exact) mass is 389 g/mol. The predicted octanol–water partition coefficient (Wildman–Crippen LogP) is 3.12. The minimum atomic E-state index is -0.842. The zero-order valence-corrected chi connectivity index (χ0v) is 16.2. The summed E-state index contributed by atoms with van der Waals surface area (Å²) in [6.07, 6.45) is 4.56. The topological polar surface area (TPSA) is 85.6 Å². The van der Waals surface area contributed by atoms with E-state index in [0.29, 0.717) is 17.7 Å². The molecule has 0 spiro atoms. The Kier molecular flexibility index (Phi) is 8.13. The Labute approximate surface area is 162 Å². The summed E-state index contributed by atoms with van der Waals surface area (Å²) >= 11 is 1.55. The number of carbonyl (C=O) groups is 3. The number of thioether (sulfide) groups is 1. The summed E-state index contributed by atoms with van der Waals surface area (Å²) < 4.78 is 10.2. The van der Waals surface area contributed by atoms with E-state index in [2.05, 4.69) is 5.32 Å². The van der Waals surface area contributed by atoms with E-state index in [1.807, 2.05) is 25.3 Å². The number of aryl methyl sites for hydroxylation is 1. The lowest BCUT2D eigenvalue weighted by molar-refractivity contribution is -0.144. The second-order valence-corrected chi connectivity index (χ2v) is 6.85. The van der Waals surface area contributed by atoms with Gasteiger partial charge < -0.3 is 14.5 Å². The fraction of sp³-hybridized carbons (Fsp3) is 0.350. The van der Waals surface area contributed by atoms with E-state index in [9.17, 15) is 14.4 Å². The van der Waals surface area contributed by atoms with Crippen LogP contribution in [0, 0.1) is 0 Å². The Balaban J connectivity index is 1.93. The number of carbonyl (C=O) groups excluding carboxylic acids is 3. The normalized spacial score (nSPS) is 11.6. The molecule has 7 heteroatoms. The van der Waals surface area contributed by atoms with Crippen molar-refractivity contribution in [3.8, 4) is 0 Å². The first-order valence-electron chi connectivity index (χ1n) is 8.67. The van der Waals surface area contributed by atoms with E-state index >= 15 is 0 Å². The standard InChI is InChI=1S/C20H23NO5S/c1-3-14-6-8-15(9-7-14)17(22)13-26-20(24)16(10-12-27-2)21-19(23)18-5-4-11-25-18/h4-9,11,16H,3,10,12-13H2,1-2H3,(H,21,23). The van der Waals surface area contributed by atoms with Crippen LogP contribution in [0.25, 0.3) is 0 Å². The van der Waals surface area contributed by atoms with Crippen LogP contribution in [0.4, 0.5) is 0 Å². The number of furan rings is 1. The number of benzene rings is 1. The zero-order valence-electron chi connectivity index (χ0n) is 15.4. The lowest BCUT2D eigenvalue weighted by Crippen LogP contribution is -2.42. The quantitative estimate of drug-likeness (QED) is 0.496. The van der Waals surface area contributed by atoms with Gasteiger partial charge in [0, 0.05) is 5.56 Å². The SMILES string of the molecule is CCc1ccc(C(=O)COC(=O)C(CCSC)NC(=O)c2ccco2)cc1. The summed E-state index contributed by atoms with van der Waals surface area (Å²) in [6, 6.07) is 9.45. The van der Waals surface area contributed by atoms with Crippen LogP contribution >= 0.6 is 11.8 Å². The molecular formula is C20H23NO5S. The van der Waals surface area contributed by atoms with Gasteiger partial charge in [-0.15, -0.1) is 0 Å². The van der Waals surface area contributed by atoms with Gasteiger partial charge in [-0.1, -0.05) is 31.2 Å². The van der Waals surface area contributed by atoms with Crippen molar-refractivity contribution in [3.63, 3.8) is 0 Å². The minimum absolute atomic E-state index is 0.115. The predicted molar refractivity (Wildman–Crippen MR) is 104 cm³/mol. The third-order valence-corrected chi connectivity index (χ3v) is 4.62. The molecule has 0 saturated carbocycles. The van der Waals surface area contributed by atoms with Crippen molar-refractivity contribution in [3.05, 3.63) is 59.5 Å². The molecule has 0 fully saturated rings. The Hall–Kier alpha value is -2.54. The van der Waals surface area contributed by atoms with Gasteiger partial charge in [-0.05, 0) is 42.5 Å². The highest BCUT2D eigenvalue weighted by atomic mass is 32.2. The molecule has 1 aromatic carbocycles. The lowest BCUT2D eigenvalue weighted by Gasteiger charge is -2.16. The van der Waals surface area contributed by atoms with Crippen LogP contribution in [0.3, 0.4) is 0 Å². The Morgan fingerprint density at radius 3 is 2.52 bits per heavy atom. The third kappa shape index (κ3) is 6.29. The molecular weight excluding hydrogens is 366 g/mol. The number of ketones is 1. The first-order valence-corrected chi connectivity index (χ1v) is 10.1. The van der Waals surface area contributed by atoms with E-state index < -0.39 is 17.9 Å². The molecule has 0 aliphatic carbocycles. The van der Waals surface area contributed by atoms with Gasteiger partial charge in [-0.25, -0.2) is 4.79 Å². The maximum Gasteiger partial charge on any atom is 0.329 e. The molecule has 1 unspecified atom stereocenters. The molecule has 1 atom stereocenters. The van der Waals surface area contributed by atoms with Crippen LogP contribution in [0.5, 0.6) is 0 Å². The van der Waals surface area contributed by atoms with Crippen molar-refractivity contribution in [1.29, 1.82) is 0 Å². The molecule has 2 rings (SSSR count). The Morgan fingerprint density at radius 2 is 1.93 bits per heavy atom. The maximum atomic E-state index is 12.4. The summed E-state index contributed by atoms with van der Waals surface area (Å²) in [6.45, 7) is 1.67. The van der Waals surface area contributed by atoms with Gasteiger partial charge in [0.2, 0.25) is 0 Å². The Bertz CT molecular complexity index is 755. The molecule has 1 heterocycles. The number of amides is 1. The van der Waals surface area contributed by atoms with Crippen molar-refractivity contribution >= 4 is 29.4 Å².